The summed E-state index contributed by atoms with van der Waals surface area (Å²) in [6.07, 6.45) is -0.523. The Morgan fingerprint density at radius 2 is 1.90 bits per heavy atom. The maximum atomic E-state index is 10.4. The summed E-state index contributed by atoms with van der Waals surface area (Å²) >= 11 is 1.69. The summed E-state index contributed by atoms with van der Waals surface area (Å²) in [4.78, 5) is 11.5. The van der Waals surface area contributed by atoms with Gasteiger partial charge in [0.2, 0.25) is 0 Å². The molecule has 1 N–H and O–H groups in total. The number of thiazole rings is 1. The summed E-state index contributed by atoms with van der Waals surface area (Å²) < 4.78 is 11.4. The van der Waals surface area contributed by atoms with Crippen molar-refractivity contribution < 1.29 is 14.6 Å². The Morgan fingerprint density at radius 1 is 1.16 bits per heavy atom. The van der Waals surface area contributed by atoms with Crippen molar-refractivity contribution in [3.63, 3.8) is 0 Å². The van der Waals surface area contributed by atoms with E-state index in [1.54, 1.807) is 18.4 Å². The zero-order valence-corrected chi connectivity index (χ0v) is 20.0. The predicted molar refractivity (Wildman–Crippen MR) is 125 cm³/mol. The van der Waals surface area contributed by atoms with Crippen molar-refractivity contribution in [3.05, 3.63) is 39.8 Å². The largest absolute Gasteiger partial charge is 0.493 e. The summed E-state index contributed by atoms with van der Waals surface area (Å²) in [7, 11) is 3.74. The second-order valence-corrected chi connectivity index (χ2v) is 9.18. The number of ether oxygens (including phenoxy) is 2. The number of nitrogens with zero attached hydrogens (tertiary/aromatic N) is 4. The molecule has 2 aromatic rings. The summed E-state index contributed by atoms with van der Waals surface area (Å²) in [5.74, 6) is 1.36. The van der Waals surface area contributed by atoms with E-state index in [0.29, 0.717) is 18.0 Å². The maximum Gasteiger partial charge on any atom is 0.161 e. The van der Waals surface area contributed by atoms with Gasteiger partial charge in [-0.05, 0) is 38.2 Å². The van der Waals surface area contributed by atoms with Crippen LogP contribution in [0.15, 0.2) is 23.6 Å². The fourth-order valence-corrected chi connectivity index (χ4v) is 4.68. The third kappa shape index (κ3) is 7.43. The average molecular weight is 449 g/mol. The molecule has 0 spiro atoms. The monoisotopic (exact) mass is 448 g/mol. The highest BCUT2D eigenvalue weighted by Crippen LogP contribution is 2.29. The fraction of sp³-hybridized carbons (Fsp3) is 0.609. The average Bonchev–Trinajstić information content (AvgIpc) is 3.17. The van der Waals surface area contributed by atoms with Crippen LogP contribution >= 0.6 is 11.3 Å². The number of β-amino-alcohol motifs (C(OH)–C–C–N with tert-alkyl or cyclic N) is 1. The minimum absolute atomic E-state index is 0.257. The van der Waals surface area contributed by atoms with Crippen molar-refractivity contribution in [2.24, 2.45) is 0 Å². The van der Waals surface area contributed by atoms with Crippen molar-refractivity contribution >= 4 is 11.3 Å². The molecule has 1 saturated heterocycles. The molecule has 2 heterocycles. The molecule has 0 bridgehead atoms. The molecular formula is C23H36N4O3S. The molecule has 0 aliphatic carbocycles. The lowest BCUT2D eigenvalue weighted by Crippen LogP contribution is -2.49. The molecule has 1 aliphatic rings. The molecule has 1 fully saturated rings. The van der Waals surface area contributed by atoms with Crippen molar-refractivity contribution in [2.75, 3.05) is 60.0 Å². The van der Waals surface area contributed by atoms with Gasteiger partial charge >= 0.3 is 0 Å². The highest BCUT2D eigenvalue weighted by molar-refractivity contribution is 7.09. The van der Waals surface area contributed by atoms with Crippen LogP contribution in [0.1, 0.15) is 23.2 Å². The first-order valence-corrected chi connectivity index (χ1v) is 11.9. The van der Waals surface area contributed by atoms with Crippen LogP contribution in [0.4, 0.5) is 0 Å². The Bertz CT molecular complexity index is 808. The normalized spacial score (nSPS) is 16.6. The van der Waals surface area contributed by atoms with E-state index in [1.165, 1.54) is 0 Å². The highest BCUT2D eigenvalue weighted by Gasteiger charge is 2.19. The molecule has 0 radical (unpaired) electrons. The Hall–Kier alpha value is -1.71. The van der Waals surface area contributed by atoms with E-state index in [1.807, 2.05) is 19.1 Å². The van der Waals surface area contributed by atoms with Gasteiger partial charge in [0.15, 0.2) is 11.5 Å². The smallest absolute Gasteiger partial charge is 0.161 e. The van der Waals surface area contributed by atoms with Gasteiger partial charge in [0, 0.05) is 50.3 Å². The third-order valence-corrected chi connectivity index (χ3v) is 6.52. The van der Waals surface area contributed by atoms with Crippen LogP contribution in [0.3, 0.4) is 0 Å². The number of aliphatic hydroxyl groups excluding tert-OH is 1. The molecule has 7 nitrogen and oxygen atoms in total. The van der Waals surface area contributed by atoms with Crippen LogP contribution in [0.5, 0.6) is 11.5 Å². The lowest BCUT2D eigenvalue weighted by Gasteiger charge is -2.34. The molecule has 1 aliphatic heterocycles. The molecule has 0 unspecified atom stereocenters. The van der Waals surface area contributed by atoms with Gasteiger partial charge < -0.3 is 19.5 Å². The van der Waals surface area contributed by atoms with Gasteiger partial charge in [0.25, 0.3) is 0 Å². The first-order valence-electron chi connectivity index (χ1n) is 11.0. The third-order valence-electron chi connectivity index (χ3n) is 5.56. The van der Waals surface area contributed by atoms with Crippen LogP contribution in [0.25, 0.3) is 0 Å². The van der Waals surface area contributed by atoms with E-state index >= 15 is 0 Å². The number of aromatic nitrogens is 1. The minimum atomic E-state index is -0.523. The number of aryl methyl sites for hydroxylation is 1. The topological polar surface area (TPSA) is 61.3 Å². The summed E-state index contributed by atoms with van der Waals surface area (Å²) in [5, 5.41) is 13.6. The van der Waals surface area contributed by atoms with Crippen LogP contribution in [0.2, 0.25) is 0 Å². The van der Waals surface area contributed by atoms with Gasteiger partial charge in [0.05, 0.1) is 13.7 Å². The second-order valence-electron chi connectivity index (χ2n) is 8.24. The number of methoxy groups -OCH3 is 1. The molecule has 172 valence electrons. The van der Waals surface area contributed by atoms with Crippen molar-refractivity contribution in [1.82, 2.24) is 19.7 Å². The molecular weight excluding hydrogens is 412 g/mol. The Kier molecular flexibility index (Phi) is 9.10. The van der Waals surface area contributed by atoms with Crippen LogP contribution in [-0.2, 0) is 13.1 Å². The summed E-state index contributed by atoms with van der Waals surface area (Å²) in [5.41, 5.74) is 2.22. The number of likely N-dealkylation sites (N-methyl/N-ethyl adjacent to an activating group) is 1. The molecule has 1 atom stereocenters. The highest BCUT2D eigenvalue weighted by atomic mass is 32.1. The second kappa shape index (κ2) is 11.8. The molecule has 1 aromatic carbocycles. The van der Waals surface area contributed by atoms with Crippen molar-refractivity contribution in [2.45, 2.75) is 33.0 Å². The number of rotatable bonds is 11. The van der Waals surface area contributed by atoms with Crippen molar-refractivity contribution in [3.8, 4) is 11.5 Å². The van der Waals surface area contributed by atoms with Gasteiger partial charge in [0.1, 0.15) is 17.7 Å². The predicted octanol–water partition coefficient (Wildman–Crippen LogP) is 2.47. The van der Waals surface area contributed by atoms with Crippen molar-refractivity contribution in [1.29, 1.82) is 0 Å². The Balaban J connectivity index is 1.47. The zero-order chi connectivity index (χ0) is 22.2. The number of hydrogen-bond acceptors (Lipinski definition) is 8. The number of aliphatic hydroxyl groups is 1. The number of benzene rings is 1. The van der Waals surface area contributed by atoms with E-state index < -0.39 is 6.10 Å². The van der Waals surface area contributed by atoms with Crippen LogP contribution in [0, 0.1) is 6.92 Å². The first-order chi connectivity index (χ1) is 15.0. The standard InChI is InChI=1S/C23H36N4O3S/c1-5-26-8-10-27(11-9-26)14-20(28)16-30-21-7-6-19(12-22(21)29-4)13-25(3)15-23-24-18(2)17-31-23/h6-7,12,17,20,28H,5,8-11,13-16H2,1-4H3/t20-/m0/s1. The summed E-state index contributed by atoms with van der Waals surface area (Å²) in [6, 6.07) is 6.00. The van der Waals surface area contributed by atoms with E-state index in [-0.39, 0.29) is 6.61 Å². The lowest BCUT2D eigenvalue weighted by atomic mass is 10.2. The van der Waals surface area contributed by atoms with Gasteiger partial charge in [-0.3, -0.25) is 9.80 Å². The van der Waals surface area contributed by atoms with E-state index in [0.717, 1.165) is 62.1 Å². The Morgan fingerprint density at radius 3 is 2.55 bits per heavy atom. The van der Waals surface area contributed by atoms with Crippen LogP contribution < -0.4 is 9.47 Å². The lowest BCUT2D eigenvalue weighted by molar-refractivity contribution is 0.0464. The van der Waals surface area contributed by atoms with E-state index in [2.05, 4.69) is 45.1 Å². The number of piperazine rings is 1. The minimum Gasteiger partial charge on any atom is -0.493 e. The molecule has 0 amide bonds. The fourth-order valence-electron chi connectivity index (χ4n) is 3.83. The Labute approximate surface area is 190 Å². The van der Waals surface area contributed by atoms with E-state index in [4.69, 9.17) is 9.47 Å². The van der Waals surface area contributed by atoms with Gasteiger partial charge in [-0.1, -0.05) is 13.0 Å². The molecule has 0 saturated carbocycles. The first kappa shape index (κ1) is 23.9. The van der Waals surface area contributed by atoms with E-state index in [9.17, 15) is 5.11 Å². The number of hydrogen-bond donors (Lipinski definition) is 1. The molecule has 1 aromatic heterocycles. The van der Waals surface area contributed by atoms with Gasteiger partial charge in [-0.2, -0.15) is 0 Å². The molecule has 31 heavy (non-hydrogen) atoms. The van der Waals surface area contributed by atoms with Crippen LogP contribution in [-0.4, -0.2) is 90.9 Å². The SMILES string of the molecule is CCN1CCN(C[C@H](O)COc2ccc(CN(C)Cc3nc(C)cs3)cc2OC)CC1. The van der Waals surface area contributed by atoms with Gasteiger partial charge in [-0.25, -0.2) is 4.98 Å². The maximum absolute atomic E-state index is 10.4. The summed E-state index contributed by atoms with van der Waals surface area (Å²) in [6.45, 7) is 11.9. The van der Waals surface area contributed by atoms with Gasteiger partial charge in [-0.15, -0.1) is 11.3 Å². The zero-order valence-electron chi connectivity index (χ0n) is 19.2. The molecule has 3 rings (SSSR count). The quantitative estimate of drug-likeness (QED) is 0.567. The molecule has 8 heteroatoms.